The molecule has 1 unspecified atom stereocenters. The summed E-state index contributed by atoms with van der Waals surface area (Å²) in [5.41, 5.74) is 1.45. The lowest BCUT2D eigenvalue weighted by Crippen LogP contribution is -2.44. The third kappa shape index (κ3) is 8.39. The molecule has 7 nitrogen and oxygen atoms in total. The number of nitrogens with one attached hydrogen (secondary N) is 1. The number of esters is 1. The Labute approximate surface area is 217 Å². The van der Waals surface area contributed by atoms with Gasteiger partial charge in [-0.25, -0.2) is 9.59 Å². The number of carboxylic acid groups (broad SMARTS) is 1. The maximum absolute atomic E-state index is 12.8. The Morgan fingerprint density at radius 1 is 1.17 bits per heavy atom. The molecule has 1 fully saturated rings. The predicted molar refractivity (Wildman–Crippen MR) is 145 cm³/mol. The van der Waals surface area contributed by atoms with Crippen LogP contribution in [0.1, 0.15) is 73.3 Å². The number of likely N-dealkylation sites (N-methyl/N-ethyl adjacent to an activating group) is 1. The molecule has 198 valence electrons. The van der Waals surface area contributed by atoms with Gasteiger partial charge >= 0.3 is 11.9 Å². The van der Waals surface area contributed by atoms with Gasteiger partial charge in [0.1, 0.15) is 11.8 Å². The number of nitrogens with zero attached hydrogens (tertiary/aromatic N) is 1. The van der Waals surface area contributed by atoms with Gasteiger partial charge in [-0.15, -0.1) is 0 Å². The normalized spacial score (nSPS) is 19.9. The number of carbonyl (C=O) groups excluding carboxylic acids is 2. The van der Waals surface area contributed by atoms with E-state index in [1.165, 1.54) is 20.3 Å². The second-order valence-corrected chi connectivity index (χ2v) is 9.53. The molecule has 1 aromatic carbocycles. The molecule has 2 atom stereocenters. The van der Waals surface area contributed by atoms with Crippen LogP contribution in [0, 0.1) is 5.92 Å². The number of aliphatic carboxylic acids is 1. The largest absolute Gasteiger partial charge is 0.480 e. The van der Waals surface area contributed by atoms with Crippen molar-refractivity contribution in [3.8, 4) is 5.75 Å². The quantitative estimate of drug-likeness (QED) is 0.301. The number of carboxylic acids is 1. The average Bonchev–Trinajstić information content (AvgIpc) is 2.97. The number of hydrogen-bond donors (Lipinski definition) is 2. The van der Waals surface area contributed by atoms with Gasteiger partial charge in [0, 0.05) is 23.1 Å². The van der Waals surface area contributed by atoms with E-state index >= 15 is 0 Å². The lowest BCUT2D eigenvalue weighted by atomic mass is 9.74. The zero-order chi connectivity index (χ0) is 24.8. The minimum Gasteiger partial charge on any atom is -0.480 e. The second-order valence-electron chi connectivity index (χ2n) is 9.53. The highest BCUT2D eigenvalue weighted by atomic mass is 32.1. The van der Waals surface area contributed by atoms with Gasteiger partial charge < -0.3 is 20.1 Å². The summed E-state index contributed by atoms with van der Waals surface area (Å²) < 4.78 is 5.62. The summed E-state index contributed by atoms with van der Waals surface area (Å²) in [4.78, 5) is 39.0. The average molecular weight is 509 g/mol. The lowest BCUT2D eigenvalue weighted by Gasteiger charge is -2.35. The minimum atomic E-state index is -1.11. The van der Waals surface area contributed by atoms with Crippen molar-refractivity contribution in [2.24, 2.45) is 5.92 Å². The maximum Gasteiger partial charge on any atom is 0.339 e. The van der Waals surface area contributed by atoms with Crippen LogP contribution in [-0.2, 0) is 19.8 Å². The molecule has 8 heteroatoms. The summed E-state index contributed by atoms with van der Waals surface area (Å²) in [7, 11) is 2.15. The standard InChI is InChI=1S/C26H38N2O5.CH4.H2S/c1-7-26(13-8-9-14-28(6)16-26)20-11-10-12-21(15-20)33-25(32)19(5)18(4)23(29)27-22(17(2)3)24(30)31;;/h10-12,15,17,22H,7-9,13-14,16H2,1-6H3,(H,27,29)(H,30,31);1H4;1H2/b19-18-;;/t22-,26?;;/m0../s1. The number of carbonyl (C=O) groups is 3. The number of hydrogen-bond acceptors (Lipinski definition) is 5. The van der Waals surface area contributed by atoms with Crippen LogP contribution in [0.15, 0.2) is 35.4 Å². The van der Waals surface area contributed by atoms with Crippen LogP contribution in [0.25, 0.3) is 0 Å². The van der Waals surface area contributed by atoms with Crippen molar-refractivity contribution in [3.05, 3.63) is 41.0 Å². The van der Waals surface area contributed by atoms with Crippen LogP contribution in [-0.4, -0.2) is 54.0 Å². The first-order valence-electron chi connectivity index (χ1n) is 11.7. The molecule has 0 saturated carbocycles. The van der Waals surface area contributed by atoms with Gasteiger partial charge in [-0.2, -0.15) is 13.5 Å². The molecule has 2 rings (SSSR count). The highest BCUT2D eigenvalue weighted by Crippen LogP contribution is 2.37. The number of benzene rings is 1. The van der Waals surface area contributed by atoms with E-state index in [1.807, 2.05) is 12.1 Å². The Hall–Kier alpha value is -2.32. The van der Waals surface area contributed by atoms with Gasteiger partial charge in [-0.05, 0) is 70.3 Å². The molecule has 0 bridgehead atoms. The number of likely N-dealkylation sites (tertiary alicyclic amines) is 1. The molecule has 0 aromatic heterocycles. The Morgan fingerprint density at radius 2 is 1.83 bits per heavy atom. The zero-order valence-corrected chi connectivity index (χ0v) is 22.2. The molecule has 2 N–H and O–H groups in total. The SMILES string of the molecule is C.CCC1(c2cccc(OC(=O)/C(C)=C(/C)C(=O)N[C@H](C(=O)O)C(C)C)c2)CCCCN(C)C1.S. The summed E-state index contributed by atoms with van der Waals surface area (Å²) in [6.07, 6.45) is 4.42. The fourth-order valence-corrected chi connectivity index (χ4v) is 4.41. The molecule has 1 aliphatic heterocycles. The van der Waals surface area contributed by atoms with Crippen LogP contribution in [0.3, 0.4) is 0 Å². The lowest BCUT2D eigenvalue weighted by molar-refractivity contribution is -0.142. The molecule has 0 spiro atoms. The van der Waals surface area contributed by atoms with Gasteiger partial charge in [0.05, 0.1) is 0 Å². The van der Waals surface area contributed by atoms with Gasteiger partial charge in [0.15, 0.2) is 0 Å². The topological polar surface area (TPSA) is 95.9 Å². The third-order valence-corrected chi connectivity index (χ3v) is 6.78. The second kappa shape index (κ2) is 14.3. The van der Waals surface area contributed by atoms with Crippen LogP contribution in [0.5, 0.6) is 5.75 Å². The molecular formula is C27H44N2O5S. The molecular weight excluding hydrogens is 464 g/mol. The van der Waals surface area contributed by atoms with Gasteiger partial charge in [0.25, 0.3) is 0 Å². The Balaban J connectivity index is 0.00000578. The molecule has 0 aliphatic carbocycles. The van der Waals surface area contributed by atoms with Crippen molar-refractivity contribution in [2.75, 3.05) is 20.1 Å². The van der Waals surface area contributed by atoms with E-state index in [0.29, 0.717) is 5.75 Å². The van der Waals surface area contributed by atoms with E-state index in [4.69, 9.17) is 4.74 Å². The van der Waals surface area contributed by atoms with E-state index in [0.717, 1.165) is 37.9 Å². The van der Waals surface area contributed by atoms with Gasteiger partial charge in [-0.3, -0.25) is 4.79 Å². The van der Waals surface area contributed by atoms with Crippen LogP contribution >= 0.6 is 13.5 Å². The monoisotopic (exact) mass is 508 g/mol. The highest BCUT2D eigenvalue weighted by Gasteiger charge is 2.33. The molecule has 1 amide bonds. The Morgan fingerprint density at radius 3 is 2.40 bits per heavy atom. The fourth-order valence-electron chi connectivity index (χ4n) is 4.41. The number of amides is 1. The van der Waals surface area contributed by atoms with Gasteiger partial charge in [0.2, 0.25) is 5.91 Å². The summed E-state index contributed by atoms with van der Waals surface area (Å²) in [5, 5.41) is 11.8. The molecule has 1 aromatic rings. The Bertz CT molecular complexity index is 915. The van der Waals surface area contributed by atoms with E-state index in [1.54, 1.807) is 19.9 Å². The predicted octanol–water partition coefficient (Wildman–Crippen LogP) is 4.67. The van der Waals surface area contributed by atoms with Crippen molar-refractivity contribution in [1.29, 1.82) is 0 Å². The summed E-state index contributed by atoms with van der Waals surface area (Å²) >= 11 is 0. The molecule has 1 heterocycles. The molecule has 1 saturated heterocycles. The molecule has 1 aliphatic rings. The smallest absolute Gasteiger partial charge is 0.339 e. The first-order chi connectivity index (χ1) is 15.5. The fraction of sp³-hybridized carbons (Fsp3) is 0.593. The summed E-state index contributed by atoms with van der Waals surface area (Å²) in [6, 6.07) is 6.64. The van der Waals surface area contributed by atoms with Crippen molar-refractivity contribution in [1.82, 2.24) is 10.2 Å². The highest BCUT2D eigenvalue weighted by molar-refractivity contribution is 7.59. The van der Waals surface area contributed by atoms with E-state index < -0.39 is 23.9 Å². The van der Waals surface area contributed by atoms with Gasteiger partial charge in [-0.1, -0.05) is 46.8 Å². The maximum atomic E-state index is 12.8. The van der Waals surface area contributed by atoms with E-state index in [-0.39, 0.29) is 43.4 Å². The summed E-state index contributed by atoms with van der Waals surface area (Å²) in [5.74, 6) is -2.18. The molecule has 0 radical (unpaired) electrons. The zero-order valence-electron chi connectivity index (χ0n) is 21.2. The van der Waals surface area contributed by atoms with Crippen molar-refractivity contribution in [3.63, 3.8) is 0 Å². The number of rotatable bonds is 8. The Kier molecular flexibility index (Phi) is 13.3. The van der Waals surface area contributed by atoms with E-state index in [9.17, 15) is 19.5 Å². The van der Waals surface area contributed by atoms with Crippen molar-refractivity contribution < 1.29 is 24.2 Å². The van der Waals surface area contributed by atoms with Crippen LogP contribution in [0.2, 0.25) is 0 Å². The van der Waals surface area contributed by atoms with Crippen LogP contribution < -0.4 is 10.1 Å². The summed E-state index contributed by atoms with van der Waals surface area (Å²) in [6.45, 7) is 10.7. The van der Waals surface area contributed by atoms with E-state index in [2.05, 4.69) is 30.3 Å². The first kappa shape index (κ1) is 32.7. The number of ether oxygens (including phenoxy) is 1. The third-order valence-electron chi connectivity index (χ3n) is 6.78. The van der Waals surface area contributed by atoms with Crippen molar-refractivity contribution >= 4 is 31.3 Å². The van der Waals surface area contributed by atoms with Crippen molar-refractivity contribution in [2.45, 2.75) is 79.2 Å². The van der Waals surface area contributed by atoms with Crippen LogP contribution in [0.4, 0.5) is 0 Å². The minimum absolute atomic E-state index is 0. The molecule has 35 heavy (non-hydrogen) atoms. The first-order valence-corrected chi connectivity index (χ1v) is 11.7.